The summed E-state index contributed by atoms with van der Waals surface area (Å²) < 4.78 is 32.5. The maximum absolute atomic E-state index is 12.6. The molecule has 2 aromatic carbocycles. The number of halogens is 1. The van der Waals surface area contributed by atoms with Gasteiger partial charge in [0, 0.05) is 29.8 Å². The van der Waals surface area contributed by atoms with Crippen LogP contribution in [0.4, 0.5) is 5.69 Å². The zero-order valence-corrected chi connectivity index (χ0v) is 17.8. The molecule has 3 rings (SSSR count). The Morgan fingerprint density at radius 1 is 1.03 bits per heavy atom. The number of morpholine rings is 1. The summed E-state index contributed by atoms with van der Waals surface area (Å²) in [6.07, 6.45) is 0. The number of hydrogen-bond acceptors (Lipinski definition) is 5. The molecule has 0 aromatic heterocycles. The van der Waals surface area contributed by atoms with Crippen molar-refractivity contribution in [2.75, 3.05) is 31.6 Å². The van der Waals surface area contributed by atoms with Crippen LogP contribution in [0.2, 0.25) is 0 Å². The number of rotatable bonds is 5. The molecule has 1 aliphatic rings. The Morgan fingerprint density at radius 3 is 2.38 bits per heavy atom. The highest BCUT2D eigenvalue weighted by Gasteiger charge is 2.26. The van der Waals surface area contributed by atoms with Gasteiger partial charge in [-0.25, -0.2) is 8.42 Å². The number of carbonyl (C=O) groups is 2. The third-order valence-electron chi connectivity index (χ3n) is 4.27. The van der Waals surface area contributed by atoms with Crippen LogP contribution in [0.25, 0.3) is 0 Å². The summed E-state index contributed by atoms with van der Waals surface area (Å²) in [5, 5.41) is 5.02. The van der Waals surface area contributed by atoms with E-state index in [9.17, 15) is 18.0 Å². The first-order chi connectivity index (χ1) is 13.9. The maximum Gasteiger partial charge on any atom is 0.313 e. The third kappa shape index (κ3) is 5.63. The highest BCUT2D eigenvalue weighted by molar-refractivity contribution is 9.10. The lowest BCUT2D eigenvalue weighted by atomic mass is 10.2. The second-order valence-corrected chi connectivity index (χ2v) is 9.16. The smallest absolute Gasteiger partial charge is 0.313 e. The summed E-state index contributed by atoms with van der Waals surface area (Å²) in [5.41, 5.74) is 1.17. The van der Waals surface area contributed by atoms with Gasteiger partial charge < -0.3 is 15.4 Å². The Hall–Kier alpha value is -2.27. The molecular weight excluding hydrogens is 462 g/mol. The number of benzene rings is 2. The van der Waals surface area contributed by atoms with Crippen LogP contribution in [0.3, 0.4) is 0 Å². The summed E-state index contributed by atoms with van der Waals surface area (Å²) in [7, 11) is -3.56. The number of nitrogens with one attached hydrogen (secondary N) is 2. The largest absolute Gasteiger partial charge is 0.379 e. The van der Waals surface area contributed by atoms with Gasteiger partial charge >= 0.3 is 11.8 Å². The van der Waals surface area contributed by atoms with Gasteiger partial charge in [-0.15, -0.1) is 0 Å². The molecule has 0 radical (unpaired) electrons. The standard InChI is InChI=1S/C19H20BrN3O5S/c20-15-2-1-3-16(12-15)22-19(25)18(24)21-13-14-4-6-17(7-5-14)29(26,27)23-8-10-28-11-9-23/h1-7,12H,8-11,13H2,(H,21,24)(H,22,25). The van der Waals surface area contributed by atoms with Crippen molar-refractivity contribution in [3.8, 4) is 0 Å². The predicted molar refractivity (Wildman–Crippen MR) is 111 cm³/mol. The minimum Gasteiger partial charge on any atom is -0.379 e. The fraction of sp³-hybridized carbons (Fsp3) is 0.263. The molecular formula is C19H20BrN3O5S. The van der Waals surface area contributed by atoms with Crippen LogP contribution in [0.5, 0.6) is 0 Å². The van der Waals surface area contributed by atoms with Gasteiger partial charge in [-0.05, 0) is 35.9 Å². The normalized spacial score (nSPS) is 14.9. The minimum atomic E-state index is -3.56. The van der Waals surface area contributed by atoms with Crippen LogP contribution in [0.1, 0.15) is 5.56 Å². The molecule has 0 aliphatic carbocycles. The molecule has 1 aliphatic heterocycles. The van der Waals surface area contributed by atoms with E-state index in [1.807, 2.05) is 0 Å². The van der Waals surface area contributed by atoms with Gasteiger partial charge in [0.25, 0.3) is 0 Å². The average Bonchev–Trinajstić information content (AvgIpc) is 2.73. The number of anilines is 1. The highest BCUT2D eigenvalue weighted by Crippen LogP contribution is 2.18. The third-order valence-corrected chi connectivity index (χ3v) is 6.68. The predicted octanol–water partition coefficient (Wildman–Crippen LogP) is 1.72. The fourth-order valence-corrected chi connectivity index (χ4v) is 4.54. The van der Waals surface area contributed by atoms with Crippen LogP contribution in [0.15, 0.2) is 57.9 Å². The van der Waals surface area contributed by atoms with Crippen LogP contribution < -0.4 is 10.6 Å². The fourth-order valence-electron chi connectivity index (χ4n) is 2.73. The van der Waals surface area contributed by atoms with E-state index in [4.69, 9.17) is 4.74 Å². The first-order valence-electron chi connectivity index (χ1n) is 8.88. The Morgan fingerprint density at radius 2 is 1.72 bits per heavy atom. The summed E-state index contributed by atoms with van der Waals surface area (Å²) in [6.45, 7) is 1.51. The molecule has 1 heterocycles. The van der Waals surface area contributed by atoms with Gasteiger partial charge in [-0.3, -0.25) is 9.59 Å². The van der Waals surface area contributed by atoms with E-state index in [0.717, 1.165) is 4.47 Å². The van der Waals surface area contributed by atoms with E-state index in [0.29, 0.717) is 37.6 Å². The Balaban J connectivity index is 1.55. The quantitative estimate of drug-likeness (QED) is 0.632. The summed E-state index contributed by atoms with van der Waals surface area (Å²) in [5.74, 6) is -1.57. The Kier molecular flexibility index (Phi) is 7.01. The van der Waals surface area contributed by atoms with Gasteiger partial charge in [0.15, 0.2) is 0 Å². The Labute approximate surface area is 177 Å². The van der Waals surface area contributed by atoms with Gasteiger partial charge in [0.1, 0.15) is 0 Å². The van der Waals surface area contributed by atoms with Crippen molar-refractivity contribution in [1.82, 2.24) is 9.62 Å². The number of sulfonamides is 1. The topological polar surface area (TPSA) is 105 Å². The van der Waals surface area contributed by atoms with Crippen molar-refractivity contribution in [3.63, 3.8) is 0 Å². The first-order valence-corrected chi connectivity index (χ1v) is 11.1. The van der Waals surface area contributed by atoms with E-state index >= 15 is 0 Å². The molecule has 154 valence electrons. The average molecular weight is 482 g/mol. The zero-order chi connectivity index (χ0) is 20.9. The highest BCUT2D eigenvalue weighted by atomic mass is 79.9. The van der Waals surface area contributed by atoms with Gasteiger partial charge in [-0.2, -0.15) is 4.31 Å². The molecule has 0 spiro atoms. The molecule has 0 bridgehead atoms. The molecule has 2 aromatic rings. The van der Waals surface area contributed by atoms with E-state index in [2.05, 4.69) is 26.6 Å². The molecule has 1 saturated heterocycles. The van der Waals surface area contributed by atoms with Crippen LogP contribution >= 0.6 is 15.9 Å². The zero-order valence-electron chi connectivity index (χ0n) is 15.4. The van der Waals surface area contributed by atoms with E-state index in [1.165, 1.54) is 16.4 Å². The van der Waals surface area contributed by atoms with Crippen molar-refractivity contribution in [3.05, 3.63) is 58.6 Å². The molecule has 0 saturated carbocycles. The second kappa shape index (κ2) is 9.49. The van der Waals surface area contributed by atoms with Crippen molar-refractivity contribution < 1.29 is 22.7 Å². The summed E-state index contributed by atoms with van der Waals surface area (Å²) in [4.78, 5) is 24.1. The van der Waals surface area contributed by atoms with Crippen LogP contribution in [-0.4, -0.2) is 50.8 Å². The Bertz CT molecular complexity index is 989. The molecule has 1 fully saturated rings. The molecule has 0 atom stereocenters. The molecule has 8 nitrogen and oxygen atoms in total. The van der Waals surface area contributed by atoms with Crippen LogP contribution in [0, 0.1) is 0 Å². The van der Waals surface area contributed by atoms with E-state index in [1.54, 1.807) is 36.4 Å². The lowest BCUT2D eigenvalue weighted by Gasteiger charge is -2.26. The van der Waals surface area contributed by atoms with Gasteiger partial charge in [-0.1, -0.05) is 34.1 Å². The molecule has 10 heteroatoms. The van der Waals surface area contributed by atoms with Crippen molar-refractivity contribution in [1.29, 1.82) is 0 Å². The first kappa shape index (κ1) is 21.4. The SMILES string of the molecule is O=C(NCc1ccc(S(=O)(=O)N2CCOCC2)cc1)C(=O)Nc1cccc(Br)c1. The second-order valence-electron chi connectivity index (χ2n) is 6.31. The summed E-state index contributed by atoms with van der Waals surface area (Å²) >= 11 is 3.29. The van der Waals surface area contributed by atoms with Crippen molar-refractivity contribution in [2.45, 2.75) is 11.4 Å². The number of carbonyl (C=O) groups excluding carboxylic acids is 2. The number of ether oxygens (including phenoxy) is 1. The van der Waals surface area contributed by atoms with Crippen molar-refractivity contribution in [2.24, 2.45) is 0 Å². The monoisotopic (exact) mass is 481 g/mol. The maximum atomic E-state index is 12.6. The van der Waals surface area contributed by atoms with Crippen molar-refractivity contribution >= 4 is 43.5 Å². The molecule has 29 heavy (non-hydrogen) atoms. The van der Waals surface area contributed by atoms with Gasteiger partial charge in [0.05, 0.1) is 18.1 Å². The lowest BCUT2D eigenvalue weighted by molar-refractivity contribution is -0.136. The molecule has 2 N–H and O–H groups in total. The lowest BCUT2D eigenvalue weighted by Crippen LogP contribution is -2.40. The van der Waals surface area contributed by atoms with E-state index < -0.39 is 21.8 Å². The summed E-state index contributed by atoms with van der Waals surface area (Å²) in [6, 6.07) is 13.1. The van der Waals surface area contributed by atoms with Crippen LogP contribution in [-0.2, 0) is 30.9 Å². The molecule has 0 unspecified atom stereocenters. The number of amides is 2. The van der Waals surface area contributed by atoms with Gasteiger partial charge in [0.2, 0.25) is 10.0 Å². The molecule has 2 amide bonds. The van der Waals surface area contributed by atoms with E-state index in [-0.39, 0.29) is 11.4 Å². The number of hydrogen-bond donors (Lipinski definition) is 2. The minimum absolute atomic E-state index is 0.0998. The number of nitrogens with zero attached hydrogens (tertiary/aromatic N) is 1.